The average molecular weight is 278 g/mol. The number of nitriles is 1. The van der Waals surface area contributed by atoms with E-state index in [0.29, 0.717) is 0 Å². The zero-order chi connectivity index (χ0) is 11.7. The van der Waals surface area contributed by atoms with Crippen LogP contribution in [0.1, 0.15) is 6.92 Å². The van der Waals surface area contributed by atoms with Gasteiger partial charge >= 0.3 is 31.6 Å². The molecule has 0 amide bonds. The van der Waals surface area contributed by atoms with Gasteiger partial charge in [0.05, 0.1) is 6.07 Å². The Hall–Kier alpha value is -0.421. The summed E-state index contributed by atoms with van der Waals surface area (Å²) in [6.07, 6.45) is 0. The van der Waals surface area contributed by atoms with E-state index in [1.165, 1.54) is 6.92 Å². The Bertz CT molecular complexity index is 123. The molecule has 0 spiro atoms. The van der Waals surface area contributed by atoms with Gasteiger partial charge in [-0.1, -0.05) is 0 Å². The first kappa shape index (κ1) is 23.4. The Balaban J connectivity index is -0.0000000535. The molecule has 0 aliphatic rings. The van der Waals surface area contributed by atoms with Crippen molar-refractivity contribution in [2.75, 3.05) is 0 Å². The summed E-state index contributed by atoms with van der Waals surface area (Å²) < 4.78 is 78.0. The van der Waals surface area contributed by atoms with Gasteiger partial charge in [0.1, 0.15) is 0 Å². The van der Waals surface area contributed by atoms with Gasteiger partial charge in [-0.25, -0.2) is 0 Å². The Kier molecular flexibility index (Phi) is 17.8. The minimum Gasteiger partial charge on any atom is -0.418 e. The van der Waals surface area contributed by atoms with Crippen LogP contribution >= 0.6 is 0 Å². The van der Waals surface area contributed by atoms with E-state index in [1.807, 2.05) is 0 Å². The monoisotopic (exact) mass is 278 g/mol. The molecule has 1 nitrogen and oxygen atoms in total. The van der Waals surface area contributed by atoms with Gasteiger partial charge < -0.3 is 34.5 Å². The van der Waals surface area contributed by atoms with Crippen molar-refractivity contribution in [3.8, 4) is 6.07 Å². The molecule has 0 atom stereocenters. The third kappa shape index (κ3) is 7320. The molecule has 0 heterocycles. The maximum Gasteiger partial charge on any atom is 2.00 e. The van der Waals surface area contributed by atoms with Gasteiger partial charge in [-0.05, 0) is 0 Å². The molecule has 89 valence electrons. The maximum absolute atomic E-state index is 9.75. The zero-order valence-electron chi connectivity index (χ0n) is 6.43. The van der Waals surface area contributed by atoms with Crippen LogP contribution in [0.15, 0.2) is 0 Å². The fraction of sp³-hybridized carbons (Fsp3) is 0.500. The first-order valence-electron chi connectivity index (χ1n) is 2.47. The average Bonchev–Trinajstić information content (AvgIpc) is 1.52. The van der Waals surface area contributed by atoms with E-state index >= 15 is 0 Å². The first-order valence-corrected chi connectivity index (χ1v) is 2.47. The van der Waals surface area contributed by atoms with Crippen LogP contribution in [0.3, 0.4) is 0 Å². The number of halogens is 8. The Morgan fingerprint density at radius 3 is 0.786 bits per heavy atom. The van der Waals surface area contributed by atoms with Crippen LogP contribution < -0.4 is 0 Å². The standard InChI is InChI=1S/C2H3N.2BF4.Cu/c1-2-3;2*2-1(3,4)5;/h1H3;;;/q;2*-1;+2. The van der Waals surface area contributed by atoms with E-state index in [2.05, 4.69) is 0 Å². The molecular formula is C2H3B2CuF8N. The molecule has 0 aromatic heterocycles. The van der Waals surface area contributed by atoms with Gasteiger partial charge in [-0.15, -0.1) is 0 Å². The van der Waals surface area contributed by atoms with Crippen molar-refractivity contribution in [2.24, 2.45) is 0 Å². The molecule has 0 saturated heterocycles. The summed E-state index contributed by atoms with van der Waals surface area (Å²) in [5.74, 6) is 0. The zero-order valence-corrected chi connectivity index (χ0v) is 7.37. The minimum atomic E-state index is -6.00. The summed E-state index contributed by atoms with van der Waals surface area (Å²) >= 11 is 0. The largest absolute Gasteiger partial charge is 2.00 e. The normalized spacial score (nSPS) is 9.14. The molecule has 0 N–H and O–H groups in total. The number of rotatable bonds is 0. The van der Waals surface area contributed by atoms with Gasteiger partial charge in [0, 0.05) is 6.92 Å². The van der Waals surface area contributed by atoms with Gasteiger partial charge in [0.2, 0.25) is 0 Å². The quantitative estimate of drug-likeness (QED) is 0.493. The first-order chi connectivity index (χ1) is 5.41. The van der Waals surface area contributed by atoms with E-state index in [4.69, 9.17) is 5.26 Å². The van der Waals surface area contributed by atoms with Crippen molar-refractivity contribution >= 4 is 14.5 Å². The molecule has 1 radical (unpaired) electrons. The van der Waals surface area contributed by atoms with Gasteiger partial charge in [0.15, 0.2) is 0 Å². The summed E-state index contributed by atoms with van der Waals surface area (Å²) in [5.41, 5.74) is 0. The molecule has 0 rings (SSSR count). The van der Waals surface area contributed by atoms with Gasteiger partial charge in [0.25, 0.3) is 0 Å². The van der Waals surface area contributed by atoms with Crippen LogP contribution in [0.25, 0.3) is 0 Å². The Morgan fingerprint density at radius 2 is 0.786 bits per heavy atom. The molecule has 12 heteroatoms. The number of nitrogens with zero attached hydrogens (tertiary/aromatic N) is 1. The minimum absolute atomic E-state index is 0. The SMILES string of the molecule is CC#N.F[B-](F)(F)F.F[B-](F)(F)F.[Cu+2]. The van der Waals surface area contributed by atoms with Crippen molar-refractivity contribution in [1.29, 1.82) is 5.26 Å². The molecule has 0 aliphatic carbocycles. The van der Waals surface area contributed by atoms with Crippen molar-refractivity contribution in [2.45, 2.75) is 6.92 Å². The van der Waals surface area contributed by atoms with Crippen LogP contribution in [-0.4, -0.2) is 14.5 Å². The maximum atomic E-state index is 9.75. The smallest absolute Gasteiger partial charge is 0.418 e. The van der Waals surface area contributed by atoms with Crippen molar-refractivity contribution in [3.63, 3.8) is 0 Å². The molecule has 0 unspecified atom stereocenters. The van der Waals surface area contributed by atoms with E-state index in [9.17, 15) is 34.5 Å². The topological polar surface area (TPSA) is 23.8 Å². The fourth-order valence-electron chi connectivity index (χ4n) is 0. The van der Waals surface area contributed by atoms with E-state index in [-0.39, 0.29) is 17.1 Å². The van der Waals surface area contributed by atoms with Gasteiger partial charge in [-0.3, -0.25) is 0 Å². The van der Waals surface area contributed by atoms with Gasteiger partial charge in [-0.2, -0.15) is 5.26 Å². The summed E-state index contributed by atoms with van der Waals surface area (Å²) in [6, 6.07) is 1.75. The van der Waals surface area contributed by atoms with Crippen LogP contribution in [0, 0.1) is 11.3 Å². The molecule has 0 aromatic carbocycles. The predicted molar refractivity (Wildman–Crippen MR) is 31.7 cm³/mol. The second kappa shape index (κ2) is 10.7. The predicted octanol–water partition coefficient (Wildman–Crippen LogP) is 3.13. The summed E-state index contributed by atoms with van der Waals surface area (Å²) in [6.45, 7) is 1.43. The van der Waals surface area contributed by atoms with Crippen molar-refractivity contribution < 1.29 is 51.6 Å². The van der Waals surface area contributed by atoms with Crippen LogP contribution in [0.2, 0.25) is 0 Å². The summed E-state index contributed by atoms with van der Waals surface area (Å²) in [5, 5.41) is 7.32. The second-order valence-electron chi connectivity index (χ2n) is 1.21. The van der Waals surface area contributed by atoms with Crippen molar-refractivity contribution in [1.82, 2.24) is 0 Å². The molecular weight excluding hydrogens is 275 g/mol. The van der Waals surface area contributed by atoms with Crippen LogP contribution in [-0.2, 0) is 17.1 Å². The Morgan fingerprint density at radius 1 is 0.786 bits per heavy atom. The van der Waals surface area contributed by atoms with Crippen LogP contribution in [0.5, 0.6) is 0 Å². The summed E-state index contributed by atoms with van der Waals surface area (Å²) in [7, 11) is -12.0. The van der Waals surface area contributed by atoms with E-state index in [1.54, 1.807) is 6.07 Å². The third-order valence-electron chi connectivity index (χ3n) is 0. The molecule has 0 saturated carbocycles. The molecule has 0 aliphatic heterocycles. The molecule has 0 aromatic rings. The Labute approximate surface area is 85.1 Å². The number of hydrogen-bond donors (Lipinski definition) is 0. The van der Waals surface area contributed by atoms with Crippen molar-refractivity contribution in [3.05, 3.63) is 0 Å². The molecule has 0 bridgehead atoms. The summed E-state index contributed by atoms with van der Waals surface area (Å²) in [4.78, 5) is 0. The second-order valence-corrected chi connectivity index (χ2v) is 1.21. The fourth-order valence-corrected chi connectivity index (χ4v) is 0. The number of hydrogen-bond acceptors (Lipinski definition) is 1. The van der Waals surface area contributed by atoms with E-state index < -0.39 is 14.5 Å². The van der Waals surface area contributed by atoms with Crippen LogP contribution in [0.4, 0.5) is 34.5 Å². The molecule has 0 fully saturated rings. The van der Waals surface area contributed by atoms with E-state index in [0.717, 1.165) is 0 Å². The third-order valence-corrected chi connectivity index (χ3v) is 0. The molecule has 14 heavy (non-hydrogen) atoms.